The van der Waals surface area contributed by atoms with E-state index in [1.54, 1.807) is 6.92 Å². The Kier molecular flexibility index (Phi) is 4.66. The van der Waals surface area contributed by atoms with E-state index in [1.165, 1.54) is 22.3 Å². The van der Waals surface area contributed by atoms with E-state index < -0.39 is 0 Å². The smallest absolute Gasteiger partial charge is 0.0894 e. The number of hydrogen-bond acceptors (Lipinski definition) is 1. The van der Waals surface area contributed by atoms with Crippen molar-refractivity contribution in [3.63, 3.8) is 0 Å². The van der Waals surface area contributed by atoms with Gasteiger partial charge in [-0.15, -0.1) is 0 Å². The van der Waals surface area contributed by atoms with E-state index in [9.17, 15) is 5.11 Å². The van der Waals surface area contributed by atoms with E-state index in [1.807, 2.05) is 6.08 Å². The molecule has 0 bridgehead atoms. The monoisotopic (exact) mass is 304 g/mol. The predicted molar refractivity (Wildman–Crippen MR) is 96.7 cm³/mol. The Morgan fingerprint density at radius 3 is 2.09 bits per heavy atom. The molecule has 1 nitrogen and oxygen atoms in total. The number of allylic oxidation sites excluding steroid dienone is 4. The molecule has 0 fully saturated rings. The quantitative estimate of drug-likeness (QED) is 0.677. The summed E-state index contributed by atoms with van der Waals surface area (Å²) in [5.41, 5.74) is 5.43. The van der Waals surface area contributed by atoms with Crippen molar-refractivity contribution >= 4 is 0 Å². The molecule has 2 atom stereocenters. The van der Waals surface area contributed by atoms with Gasteiger partial charge in [0.15, 0.2) is 0 Å². The molecule has 0 spiro atoms. The molecule has 118 valence electrons. The number of aliphatic hydroxyl groups excluding tert-OH is 1. The van der Waals surface area contributed by atoms with Crippen LogP contribution < -0.4 is 0 Å². The van der Waals surface area contributed by atoms with Crippen molar-refractivity contribution in [2.45, 2.75) is 38.5 Å². The number of rotatable bonds is 3. The Labute approximate surface area is 139 Å². The Morgan fingerprint density at radius 2 is 1.52 bits per heavy atom. The van der Waals surface area contributed by atoms with Crippen molar-refractivity contribution in [2.24, 2.45) is 0 Å². The molecule has 0 saturated carbocycles. The predicted octanol–water partition coefficient (Wildman–Crippen LogP) is 6.13. The van der Waals surface area contributed by atoms with Crippen molar-refractivity contribution in [3.8, 4) is 0 Å². The van der Waals surface area contributed by atoms with Gasteiger partial charge in [-0.05, 0) is 55.4 Å². The number of hydrogen-bond donors (Lipinski definition) is 1. The highest BCUT2D eigenvalue weighted by Gasteiger charge is 2.31. The van der Waals surface area contributed by atoms with Crippen LogP contribution >= 0.6 is 0 Å². The average Bonchev–Trinajstić information content (AvgIpc) is 2.58. The van der Waals surface area contributed by atoms with Crippen LogP contribution in [0.15, 0.2) is 83.6 Å². The van der Waals surface area contributed by atoms with Crippen LogP contribution in [0.5, 0.6) is 0 Å². The van der Waals surface area contributed by atoms with Gasteiger partial charge in [-0.25, -0.2) is 0 Å². The summed E-state index contributed by atoms with van der Waals surface area (Å²) < 4.78 is 0. The van der Waals surface area contributed by atoms with Crippen LogP contribution in [0.2, 0.25) is 0 Å². The molecule has 23 heavy (non-hydrogen) atoms. The first-order valence-corrected chi connectivity index (χ1v) is 8.33. The van der Waals surface area contributed by atoms with Gasteiger partial charge < -0.3 is 5.11 Å². The zero-order valence-electron chi connectivity index (χ0n) is 13.9. The second kappa shape index (κ2) is 6.87. The third-order valence-corrected chi connectivity index (χ3v) is 4.87. The van der Waals surface area contributed by atoms with E-state index in [4.69, 9.17) is 0 Å². The second-order valence-corrected chi connectivity index (χ2v) is 6.44. The highest BCUT2D eigenvalue weighted by atomic mass is 16.3. The molecule has 0 unspecified atom stereocenters. The summed E-state index contributed by atoms with van der Waals surface area (Å²) in [4.78, 5) is 0. The van der Waals surface area contributed by atoms with Gasteiger partial charge in [-0.1, -0.05) is 66.2 Å². The summed E-state index contributed by atoms with van der Waals surface area (Å²) in [5, 5.41) is 9.69. The molecule has 0 aliphatic heterocycles. The normalized spacial score (nSPS) is 22.3. The SMILES string of the molecule is CC1=C(/C=C(\C)O)CC[C@H](c2ccccc2)[C@@H]1c1ccccc1. The van der Waals surface area contributed by atoms with E-state index in [-0.39, 0.29) is 0 Å². The van der Waals surface area contributed by atoms with Gasteiger partial charge in [0, 0.05) is 5.92 Å². The van der Waals surface area contributed by atoms with Gasteiger partial charge in [-0.3, -0.25) is 0 Å². The number of aliphatic hydroxyl groups is 1. The van der Waals surface area contributed by atoms with Gasteiger partial charge in [0.2, 0.25) is 0 Å². The van der Waals surface area contributed by atoms with Crippen molar-refractivity contribution in [3.05, 3.63) is 94.8 Å². The van der Waals surface area contributed by atoms with Crippen molar-refractivity contribution in [1.82, 2.24) is 0 Å². The van der Waals surface area contributed by atoms with Crippen LogP contribution in [0, 0.1) is 0 Å². The zero-order chi connectivity index (χ0) is 16.2. The second-order valence-electron chi connectivity index (χ2n) is 6.44. The molecule has 2 aromatic rings. The Balaban J connectivity index is 2.09. The highest BCUT2D eigenvalue weighted by molar-refractivity contribution is 5.42. The first-order chi connectivity index (χ1) is 11.2. The lowest BCUT2D eigenvalue weighted by molar-refractivity contribution is 0.412. The molecule has 1 heteroatoms. The highest BCUT2D eigenvalue weighted by Crippen LogP contribution is 2.47. The first-order valence-electron chi connectivity index (χ1n) is 8.33. The van der Waals surface area contributed by atoms with E-state index in [0.29, 0.717) is 17.6 Å². The Bertz CT molecular complexity index is 706. The van der Waals surface area contributed by atoms with Gasteiger partial charge in [-0.2, -0.15) is 0 Å². The molecule has 0 heterocycles. The Hall–Kier alpha value is -2.28. The van der Waals surface area contributed by atoms with Crippen LogP contribution in [-0.2, 0) is 0 Å². The average molecular weight is 304 g/mol. The lowest BCUT2D eigenvalue weighted by Crippen LogP contribution is -2.18. The van der Waals surface area contributed by atoms with Crippen LogP contribution in [0.1, 0.15) is 49.7 Å². The topological polar surface area (TPSA) is 20.2 Å². The van der Waals surface area contributed by atoms with E-state index in [0.717, 1.165) is 12.8 Å². The molecule has 0 saturated heterocycles. The molecule has 3 rings (SSSR count). The molecular weight excluding hydrogens is 280 g/mol. The molecule has 0 aromatic heterocycles. The van der Waals surface area contributed by atoms with Crippen molar-refractivity contribution in [2.75, 3.05) is 0 Å². The lowest BCUT2D eigenvalue weighted by atomic mass is 9.69. The zero-order valence-corrected chi connectivity index (χ0v) is 13.9. The first kappa shape index (κ1) is 15.6. The van der Waals surface area contributed by atoms with E-state index >= 15 is 0 Å². The van der Waals surface area contributed by atoms with Crippen LogP contribution in [-0.4, -0.2) is 5.11 Å². The summed E-state index contributed by atoms with van der Waals surface area (Å²) in [6, 6.07) is 21.6. The molecule has 1 N–H and O–H groups in total. The lowest BCUT2D eigenvalue weighted by Gasteiger charge is -2.35. The number of benzene rings is 2. The summed E-state index contributed by atoms with van der Waals surface area (Å²) >= 11 is 0. The third kappa shape index (κ3) is 3.39. The fourth-order valence-electron chi connectivity index (χ4n) is 3.82. The fraction of sp³-hybridized carbons (Fsp3) is 0.273. The van der Waals surface area contributed by atoms with Gasteiger partial charge in [0.1, 0.15) is 0 Å². The van der Waals surface area contributed by atoms with Crippen LogP contribution in [0.4, 0.5) is 0 Å². The summed E-state index contributed by atoms with van der Waals surface area (Å²) in [6.45, 7) is 3.97. The van der Waals surface area contributed by atoms with Gasteiger partial charge in [0.05, 0.1) is 5.76 Å². The van der Waals surface area contributed by atoms with Gasteiger partial charge >= 0.3 is 0 Å². The van der Waals surface area contributed by atoms with Gasteiger partial charge in [0.25, 0.3) is 0 Å². The van der Waals surface area contributed by atoms with Crippen molar-refractivity contribution < 1.29 is 5.11 Å². The van der Waals surface area contributed by atoms with E-state index in [2.05, 4.69) is 67.6 Å². The fourth-order valence-corrected chi connectivity index (χ4v) is 3.82. The Morgan fingerprint density at radius 1 is 0.957 bits per heavy atom. The maximum Gasteiger partial charge on any atom is 0.0894 e. The molecule has 1 aliphatic rings. The maximum absolute atomic E-state index is 9.69. The van der Waals surface area contributed by atoms with Crippen LogP contribution in [0.25, 0.3) is 0 Å². The minimum absolute atomic E-state index is 0.373. The molecule has 1 aliphatic carbocycles. The molecule has 0 amide bonds. The molecule has 2 aromatic carbocycles. The summed E-state index contributed by atoms with van der Waals surface area (Å²) in [6.07, 6.45) is 4.07. The molecular formula is C22H24O. The largest absolute Gasteiger partial charge is 0.513 e. The third-order valence-electron chi connectivity index (χ3n) is 4.87. The van der Waals surface area contributed by atoms with Crippen molar-refractivity contribution in [1.29, 1.82) is 0 Å². The summed E-state index contributed by atoms with van der Waals surface area (Å²) in [5.74, 6) is 1.26. The minimum atomic E-state index is 0.373. The maximum atomic E-state index is 9.69. The minimum Gasteiger partial charge on any atom is -0.513 e. The summed E-state index contributed by atoms with van der Waals surface area (Å²) in [7, 11) is 0. The standard InChI is InChI=1S/C22H24O/c1-16(23)15-20-13-14-21(18-9-5-3-6-10-18)22(17(20)2)19-11-7-4-8-12-19/h3-12,15,21-23H,13-14H2,1-2H3/b16-15+/t21-,22+/m1/s1. The van der Waals surface area contributed by atoms with Crippen LogP contribution in [0.3, 0.4) is 0 Å². The molecule has 0 radical (unpaired) electrons.